The molecule has 0 aliphatic rings. The van der Waals surface area contributed by atoms with Gasteiger partial charge in [0.1, 0.15) is 5.75 Å². The van der Waals surface area contributed by atoms with E-state index in [9.17, 15) is 9.59 Å². The number of hydrogen-bond acceptors (Lipinski definition) is 3. The van der Waals surface area contributed by atoms with E-state index in [2.05, 4.69) is 11.9 Å². The lowest BCUT2D eigenvalue weighted by Crippen LogP contribution is -2.41. The van der Waals surface area contributed by atoms with Crippen molar-refractivity contribution in [1.29, 1.82) is 0 Å². The Bertz CT molecular complexity index is 762. The molecule has 5 heteroatoms. The van der Waals surface area contributed by atoms with Gasteiger partial charge in [0.15, 0.2) is 0 Å². The number of carbonyl (C=O) groups excluding carboxylic acids is 2. The Morgan fingerprint density at radius 1 is 1.24 bits per heavy atom. The van der Waals surface area contributed by atoms with Crippen LogP contribution in [0.3, 0.4) is 0 Å². The molecule has 0 aliphatic carbocycles. The van der Waals surface area contributed by atoms with Gasteiger partial charge < -0.3 is 14.6 Å². The van der Waals surface area contributed by atoms with Gasteiger partial charge in [0.2, 0.25) is 0 Å². The number of hydrogen-bond donors (Lipinski definition) is 1. The van der Waals surface area contributed by atoms with Crippen LogP contribution in [-0.4, -0.2) is 40.8 Å². The van der Waals surface area contributed by atoms with Crippen LogP contribution in [0.4, 0.5) is 0 Å². The van der Waals surface area contributed by atoms with Crippen LogP contribution in [-0.2, 0) is 4.79 Å². The third-order valence-electron chi connectivity index (χ3n) is 4.40. The van der Waals surface area contributed by atoms with Crippen molar-refractivity contribution in [1.82, 2.24) is 9.88 Å². The fraction of sp³-hybridized carbons (Fsp3) is 0.500. The molecule has 0 atom stereocenters. The van der Waals surface area contributed by atoms with Crippen molar-refractivity contribution < 1.29 is 14.3 Å². The molecule has 0 fully saturated rings. The molecule has 0 saturated carbocycles. The van der Waals surface area contributed by atoms with Crippen molar-refractivity contribution in [3.63, 3.8) is 0 Å². The topological polar surface area (TPSA) is 62.4 Å². The van der Waals surface area contributed by atoms with Crippen LogP contribution < -0.4 is 4.74 Å². The van der Waals surface area contributed by atoms with Gasteiger partial charge in [-0.1, -0.05) is 13.3 Å². The summed E-state index contributed by atoms with van der Waals surface area (Å²) in [6.45, 7) is 10.9. The number of ether oxygens (including phenoxy) is 1. The molecule has 0 bridgehead atoms. The Labute approximate surface area is 149 Å². The number of fused-ring (bicyclic) bond motifs is 1. The third kappa shape index (κ3) is 4.03. The molecule has 0 spiro atoms. The van der Waals surface area contributed by atoms with Gasteiger partial charge in [0.05, 0.1) is 12.2 Å². The molecule has 5 nitrogen and oxygen atoms in total. The summed E-state index contributed by atoms with van der Waals surface area (Å²) in [5, 5.41) is 0.732. The summed E-state index contributed by atoms with van der Waals surface area (Å²) in [4.78, 5) is 30.0. The Morgan fingerprint density at radius 3 is 2.56 bits per heavy atom. The fourth-order valence-electron chi connectivity index (χ4n) is 2.92. The minimum Gasteiger partial charge on any atom is -0.493 e. The number of nitrogens with one attached hydrogen (secondary N) is 1. The SMILES string of the molecule is CCCCOc1cc2c(C(=O)C(=O)N(CC)C(C)C)c[nH]c2cc1C. The molecule has 25 heavy (non-hydrogen) atoms. The van der Waals surface area contributed by atoms with E-state index in [4.69, 9.17) is 4.74 Å². The molecule has 2 rings (SSSR count). The lowest BCUT2D eigenvalue weighted by Gasteiger charge is -2.24. The van der Waals surface area contributed by atoms with Gasteiger partial charge in [-0.2, -0.15) is 0 Å². The largest absolute Gasteiger partial charge is 0.493 e. The third-order valence-corrected chi connectivity index (χ3v) is 4.40. The zero-order valence-corrected chi connectivity index (χ0v) is 15.8. The Balaban J connectivity index is 2.36. The van der Waals surface area contributed by atoms with Crippen LogP contribution in [0.5, 0.6) is 5.75 Å². The van der Waals surface area contributed by atoms with Gasteiger partial charge in [-0.15, -0.1) is 0 Å². The first-order valence-electron chi connectivity index (χ1n) is 9.00. The minimum absolute atomic E-state index is 0.0122. The molecule has 0 radical (unpaired) electrons. The number of rotatable bonds is 8. The average molecular weight is 344 g/mol. The van der Waals surface area contributed by atoms with Gasteiger partial charge in [0, 0.05) is 29.7 Å². The van der Waals surface area contributed by atoms with Gasteiger partial charge in [-0.25, -0.2) is 0 Å². The highest BCUT2D eigenvalue weighted by Crippen LogP contribution is 2.28. The van der Waals surface area contributed by atoms with Gasteiger partial charge in [-0.05, 0) is 51.8 Å². The molecule has 0 aliphatic heterocycles. The van der Waals surface area contributed by atoms with Gasteiger partial charge >= 0.3 is 0 Å². The normalized spacial score (nSPS) is 11.1. The quantitative estimate of drug-likeness (QED) is 0.445. The summed E-state index contributed by atoms with van der Waals surface area (Å²) in [6, 6.07) is 3.81. The van der Waals surface area contributed by atoms with Crippen LogP contribution in [0, 0.1) is 6.92 Å². The van der Waals surface area contributed by atoms with Gasteiger partial charge in [-0.3, -0.25) is 9.59 Å². The van der Waals surface area contributed by atoms with Crippen molar-refractivity contribution in [2.24, 2.45) is 0 Å². The van der Waals surface area contributed by atoms with Crippen LogP contribution in [0.25, 0.3) is 10.9 Å². The highest BCUT2D eigenvalue weighted by atomic mass is 16.5. The first kappa shape index (κ1) is 19.0. The van der Waals surface area contributed by atoms with E-state index in [1.54, 1.807) is 11.1 Å². The number of Topliss-reactive ketones (excluding diaryl/α,β-unsaturated/α-hetero) is 1. The molecule has 1 aromatic heterocycles. The molecule has 2 aromatic rings. The zero-order valence-electron chi connectivity index (χ0n) is 15.8. The molecular weight excluding hydrogens is 316 g/mol. The predicted molar refractivity (Wildman–Crippen MR) is 100 cm³/mol. The first-order chi connectivity index (χ1) is 11.9. The Kier molecular flexibility index (Phi) is 6.23. The smallest absolute Gasteiger partial charge is 0.295 e. The second-order valence-corrected chi connectivity index (χ2v) is 6.58. The molecule has 1 aromatic carbocycles. The molecule has 1 heterocycles. The van der Waals surface area contributed by atoms with Crippen molar-refractivity contribution in [2.75, 3.05) is 13.2 Å². The van der Waals surface area contributed by atoms with E-state index in [0.29, 0.717) is 18.7 Å². The van der Waals surface area contributed by atoms with Gasteiger partial charge in [0.25, 0.3) is 11.7 Å². The summed E-state index contributed by atoms with van der Waals surface area (Å²) in [6.07, 6.45) is 3.66. The summed E-state index contributed by atoms with van der Waals surface area (Å²) in [7, 11) is 0. The summed E-state index contributed by atoms with van der Waals surface area (Å²) < 4.78 is 5.84. The maximum atomic E-state index is 12.7. The van der Waals surface area contributed by atoms with Crippen LogP contribution in [0.2, 0.25) is 0 Å². The van der Waals surface area contributed by atoms with Crippen LogP contribution in [0.1, 0.15) is 56.5 Å². The van der Waals surface area contributed by atoms with E-state index in [1.165, 1.54) is 0 Å². The lowest BCUT2D eigenvalue weighted by atomic mass is 10.1. The number of ketones is 1. The predicted octanol–water partition coefficient (Wildman–Crippen LogP) is 4.09. The van der Waals surface area contributed by atoms with E-state index in [-0.39, 0.29) is 6.04 Å². The fourth-order valence-corrected chi connectivity index (χ4v) is 2.92. The minimum atomic E-state index is -0.481. The summed E-state index contributed by atoms with van der Waals surface area (Å²) in [5.41, 5.74) is 2.25. The number of H-pyrrole nitrogens is 1. The van der Waals surface area contributed by atoms with Crippen LogP contribution in [0.15, 0.2) is 18.3 Å². The number of benzene rings is 1. The van der Waals surface area contributed by atoms with E-state index in [0.717, 1.165) is 35.1 Å². The lowest BCUT2D eigenvalue weighted by molar-refractivity contribution is -0.127. The number of amides is 1. The maximum Gasteiger partial charge on any atom is 0.295 e. The highest BCUT2D eigenvalue weighted by molar-refractivity contribution is 6.44. The Hall–Kier alpha value is -2.30. The molecule has 136 valence electrons. The number of aryl methyl sites for hydroxylation is 1. The first-order valence-corrected chi connectivity index (χ1v) is 9.00. The summed E-state index contributed by atoms with van der Waals surface area (Å²) >= 11 is 0. The van der Waals surface area contributed by atoms with Crippen LogP contribution >= 0.6 is 0 Å². The average Bonchev–Trinajstić information content (AvgIpc) is 2.97. The monoisotopic (exact) mass is 344 g/mol. The van der Waals surface area contributed by atoms with Crippen molar-refractivity contribution in [3.05, 3.63) is 29.5 Å². The number of likely N-dealkylation sites (N-methyl/N-ethyl adjacent to an activating group) is 1. The second kappa shape index (κ2) is 8.19. The molecule has 1 N–H and O–H groups in total. The van der Waals surface area contributed by atoms with Crippen molar-refractivity contribution in [2.45, 2.75) is 53.5 Å². The van der Waals surface area contributed by atoms with E-state index in [1.807, 2.05) is 39.8 Å². The standard InChI is InChI=1S/C20H28N2O3/c1-6-8-9-25-18-11-15-16(12-21-17(15)10-14(18)5)19(23)20(24)22(7-2)13(3)4/h10-13,21H,6-9H2,1-5H3. The molecule has 0 saturated heterocycles. The van der Waals surface area contributed by atoms with Crippen molar-refractivity contribution in [3.8, 4) is 5.75 Å². The number of unbranched alkanes of at least 4 members (excludes halogenated alkanes) is 1. The number of nitrogens with zero attached hydrogens (tertiary/aromatic N) is 1. The second-order valence-electron chi connectivity index (χ2n) is 6.58. The highest BCUT2D eigenvalue weighted by Gasteiger charge is 2.26. The van der Waals surface area contributed by atoms with E-state index >= 15 is 0 Å². The van der Waals surface area contributed by atoms with Crippen molar-refractivity contribution >= 4 is 22.6 Å². The molecule has 1 amide bonds. The summed E-state index contributed by atoms with van der Waals surface area (Å²) in [5.74, 6) is -0.184. The maximum absolute atomic E-state index is 12.7. The molecular formula is C20H28N2O3. The number of aromatic amines is 1. The number of aromatic nitrogens is 1. The van der Waals surface area contributed by atoms with E-state index < -0.39 is 11.7 Å². The Morgan fingerprint density at radius 2 is 1.96 bits per heavy atom. The number of carbonyl (C=O) groups is 2. The zero-order chi connectivity index (χ0) is 18.6. The molecule has 0 unspecified atom stereocenters.